The molecule has 0 bridgehead atoms. The first-order valence-corrected chi connectivity index (χ1v) is 12.9. The summed E-state index contributed by atoms with van der Waals surface area (Å²) in [6.45, 7) is 20.3. The van der Waals surface area contributed by atoms with Crippen LogP contribution in [0.3, 0.4) is 0 Å². The van der Waals surface area contributed by atoms with Gasteiger partial charge < -0.3 is 4.12 Å². The zero-order valence-electron chi connectivity index (χ0n) is 13.2. The zero-order chi connectivity index (χ0) is 13.9. The Morgan fingerprint density at radius 3 is 1.76 bits per heavy atom. The molecule has 0 aliphatic heterocycles. The molecule has 17 heavy (non-hydrogen) atoms. The Labute approximate surface area is 110 Å². The van der Waals surface area contributed by atoms with Crippen molar-refractivity contribution >= 4 is 16.6 Å². The third kappa shape index (κ3) is 5.36. The molecule has 0 unspecified atom stereocenters. The summed E-state index contributed by atoms with van der Waals surface area (Å²) >= 11 is 0. The van der Waals surface area contributed by atoms with Crippen molar-refractivity contribution in [2.24, 2.45) is 0 Å². The fourth-order valence-corrected chi connectivity index (χ4v) is 11.5. The second-order valence-corrected chi connectivity index (χ2v) is 14.8. The molecule has 0 aromatic carbocycles. The normalized spacial score (nSPS) is 13.8. The lowest BCUT2D eigenvalue weighted by Gasteiger charge is -2.35. The predicted octanol–water partition coefficient (Wildman–Crippen LogP) is 5.27. The van der Waals surface area contributed by atoms with E-state index in [9.17, 15) is 0 Å². The summed E-state index contributed by atoms with van der Waals surface area (Å²) in [4.78, 5) is 0. The Balaban J connectivity index is 5.45. The first kappa shape index (κ1) is 16.9. The predicted molar refractivity (Wildman–Crippen MR) is 84.3 cm³/mol. The molecule has 0 rings (SSSR count). The van der Waals surface area contributed by atoms with E-state index in [1.807, 2.05) is 0 Å². The van der Waals surface area contributed by atoms with Gasteiger partial charge in [0, 0.05) is 0 Å². The van der Waals surface area contributed by atoms with Gasteiger partial charge in [-0.05, 0) is 65.1 Å². The standard InChI is InChI=1S/C14H30OSi2/c1-10-13(11-2)14(12(3)4)17(8,9)15-16(5,6)7/h10H,11H2,1-9H3/b13-10+. The molecular formula is C14H30OSi2. The van der Waals surface area contributed by atoms with Gasteiger partial charge in [0.15, 0.2) is 8.32 Å². The summed E-state index contributed by atoms with van der Waals surface area (Å²) in [5.74, 6) is 0. The van der Waals surface area contributed by atoms with E-state index < -0.39 is 16.6 Å². The Morgan fingerprint density at radius 2 is 1.53 bits per heavy atom. The molecule has 0 spiro atoms. The number of rotatable bonds is 5. The van der Waals surface area contributed by atoms with Gasteiger partial charge in [0.2, 0.25) is 8.32 Å². The smallest absolute Gasteiger partial charge is 0.206 e. The fraction of sp³-hybridized carbons (Fsp3) is 0.714. The second-order valence-electron chi connectivity index (χ2n) is 6.27. The molecule has 0 heterocycles. The summed E-state index contributed by atoms with van der Waals surface area (Å²) in [7, 11) is -3.24. The Morgan fingerprint density at radius 1 is 1.06 bits per heavy atom. The van der Waals surface area contributed by atoms with Gasteiger partial charge in [0.1, 0.15) is 0 Å². The van der Waals surface area contributed by atoms with Crippen molar-refractivity contribution in [3.05, 3.63) is 22.4 Å². The van der Waals surface area contributed by atoms with Crippen LogP contribution in [-0.4, -0.2) is 16.6 Å². The highest BCUT2D eigenvalue weighted by molar-refractivity contribution is 6.88. The lowest BCUT2D eigenvalue weighted by molar-refractivity contribution is 0.560. The average molecular weight is 271 g/mol. The number of allylic oxidation sites excluding steroid dienone is 4. The van der Waals surface area contributed by atoms with Crippen LogP contribution in [0.5, 0.6) is 0 Å². The van der Waals surface area contributed by atoms with Crippen LogP contribution in [0.2, 0.25) is 32.7 Å². The first-order valence-electron chi connectivity index (χ1n) is 6.58. The molecule has 0 aliphatic rings. The van der Waals surface area contributed by atoms with E-state index in [-0.39, 0.29) is 0 Å². The van der Waals surface area contributed by atoms with Crippen molar-refractivity contribution in [2.75, 3.05) is 0 Å². The van der Waals surface area contributed by atoms with Gasteiger partial charge in [-0.3, -0.25) is 0 Å². The van der Waals surface area contributed by atoms with E-state index in [2.05, 4.69) is 66.5 Å². The molecule has 0 aromatic heterocycles. The van der Waals surface area contributed by atoms with Crippen LogP contribution in [0.1, 0.15) is 34.1 Å². The third-order valence-corrected chi connectivity index (χ3v) is 9.23. The van der Waals surface area contributed by atoms with Gasteiger partial charge in [-0.2, -0.15) is 0 Å². The Bertz CT molecular complexity index is 316. The van der Waals surface area contributed by atoms with Crippen molar-refractivity contribution in [3.8, 4) is 0 Å². The molecule has 0 saturated heterocycles. The molecule has 0 radical (unpaired) electrons. The van der Waals surface area contributed by atoms with E-state index in [1.54, 1.807) is 0 Å². The summed E-state index contributed by atoms with van der Waals surface area (Å²) < 4.78 is 6.51. The van der Waals surface area contributed by atoms with Crippen molar-refractivity contribution < 1.29 is 4.12 Å². The maximum atomic E-state index is 6.51. The van der Waals surface area contributed by atoms with E-state index in [0.717, 1.165) is 6.42 Å². The molecule has 0 fully saturated rings. The molecular weight excluding hydrogens is 240 g/mol. The fourth-order valence-electron chi connectivity index (χ4n) is 2.65. The number of hydrogen-bond acceptors (Lipinski definition) is 1. The van der Waals surface area contributed by atoms with E-state index in [1.165, 1.54) is 16.3 Å². The molecule has 0 amide bonds. The van der Waals surface area contributed by atoms with Gasteiger partial charge in [0.25, 0.3) is 0 Å². The molecule has 0 N–H and O–H groups in total. The van der Waals surface area contributed by atoms with Crippen LogP contribution < -0.4 is 0 Å². The minimum absolute atomic E-state index is 1.10. The van der Waals surface area contributed by atoms with Crippen LogP contribution >= 0.6 is 0 Å². The van der Waals surface area contributed by atoms with E-state index in [4.69, 9.17) is 4.12 Å². The van der Waals surface area contributed by atoms with Crippen molar-refractivity contribution in [1.29, 1.82) is 0 Å². The molecule has 3 heteroatoms. The van der Waals surface area contributed by atoms with Crippen molar-refractivity contribution in [3.63, 3.8) is 0 Å². The second kappa shape index (κ2) is 6.16. The summed E-state index contributed by atoms with van der Waals surface area (Å²) in [5.41, 5.74) is 2.90. The van der Waals surface area contributed by atoms with Crippen LogP contribution in [0.4, 0.5) is 0 Å². The molecule has 100 valence electrons. The summed E-state index contributed by atoms with van der Waals surface area (Å²) in [6.07, 6.45) is 3.35. The summed E-state index contributed by atoms with van der Waals surface area (Å²) in [5, 5.41) is 1.52. The average Bonchev–Trinajstić information content (AvgIpc) is 2.08. The highest BCUT2D eigenvalue weighted by Gasteiger charge is 2.34. The Kier molecular flexibility index (Phi) is 6.12. The quantitative estimate of drug-likeness (QED) is 0.488. The number of hydrogen-bond donors (Lipinski definition) is 0. The van der Waals surface area contributed by atoms with E-state index >= 15 is 0 Å². The lowest BCUT2D eigenvalue weighted by atomic mass is 10.1. The lowest BCUT2D eigenvalue weighted by Crippen LogP contribution is -2.45. The summed E-state index contributed by atoms with van der Waals surface area (Å²) in [6, 6.07) is 0. The largest absolute Gasteiger partial charge is 0.452 e. The molecule has 0 atom stereocenters. The van der Waals surface area contributed by atoms with Crippen molar-refractivity contribution in [1.82, 2.24) is 0 Å². The minimum Gasteiger partial charge on any atom is -0.452 e. The zero-order valence-corrected chi connectivity index (χ0v) is 15.2. The van der Waals surface area contributed by atoms with Crippen LogP contribution in [-0.2, 0) is 4.12 Å². The van der Waals surface area contributed by atoms with Gasteiger partial charge in [0.05, 0.1) is 0 Å². The third-order valence-electron chi connectivity index (χ3n) is 2.71. The van der Waals surface area contributed by atoms with Gasteiger partial charge in [-0.1, -0.05) is 24.1 Å². The van der Waals surface area contributed by atoms with Crippen LogP contribution in [0, 0.1) is 0 Å². The van der Waals surface area contributed by atoms with Crippen LogP contribution in [0.25, 0.3) is 0 Å². The molecule has 0 aliphatic carbocycles. The molecule has 0 saturated carbocycles. The highest BCUT2D eigenvalue weighted by Crippen LogP contribution is 2.31. The maximum Gasteiger partial charge on any atom is 0.206 e. The van der Waals surface area contributed by atoms with Gasteiger partial charge in [-0.25, -0.2) is 0 Å². The Hall–Kier alpha value is -0.126. The van der Waals surface area contributed by atoms with Crippen LogP contribution in [0.15, 0.2) is 22.4 Å². The topological polar surface area (TPSA) is 9.23 Å². The van der Waals surface area contributed by atoms with Gasteiger partial charge >= 0.3 is 0 Å². The SMILES string of the molecule is C/C=C(\CC)C(=C(C)C)[Si](C)(C)O[Si](C)(C)C. The van der Waals surface area contributed by atoms with E-state index in [0.29, 0.717) is 0 Å². The first-order chi connectivity index (χ1) is 7.55. The van der Waals surface area contributed by atoms with Crippen molar-refractivity contribution in [2.45, 2.75) is 66.9 Å². The minimum atomic E-state index is -1.76. The maximum absolute atomic E-state index is 6.51. The molecule has 0 aromatic rings. The highest BCUT2D eigenvalue weighted by atomic mass is 28.4. The monoisotopic (exact) mass is 270 g/mol. The molecule has 1 nitrogen and oxygen atoms in total. The van der Waals surface area contributed by atoms with Gasteiger partial charge in [-0.15, -0.1) is 0 Å².